The zero-order chi connectivity index (χ0) is 21.6. The van der Waals surface area contributed by atoms with Crippen LogP contribution in [0.2, 0.25) is 0 Å². The molecule has 0 aliphatic heterocycles. The SMILES string of the molecule is CC(C)(O)c1ncn2c(-c3cccc(-c4c(F)cc(F)cc4C#N)c3)cnc2c1F. The summed E-state index contributed by atoms with van der Waals surface area (Å²) >= 11 is 0. The van der Waals surface area contributed by atoms with Gasteiger partial charge in [-0.1, -0.05) is 18.2 Å². The lowest BCUT2D eigenvalue weighted by molar-refractivity contribution is 0.0694. The molecule has 0 fully saturated rings. The highest BCUT2D eigenvalue weighted by Crippen LogP contribution is 2.32. The van der Waals surface area contributed by atoms with Gasteiger partial charge in [-0.15, -0.1) is 0 Å². The van der Waals surface area contributed by atoms with Crippen LogP contribution < -0.4 is 0 Å². The van der Waals surface area contributed by atoms with Gasteiger partial charge in [0.05, 0.1) is 23.5 Å². The molecule has 0 radical (unpaired) electrons. The summed E-state index contributed by atoms with van der Waals surface area (Å²) in [6.07, 6.45) is 2.78. The average molecular weight is 408 g/mol. The van der Waals surface area contributed by atoms with E-state index in [1.54, 1.807) is 30.3 Å². The van der Waals surface area contributed by atoms with Gasteiger partial charge in [-0.2, -0.15) is 5.26 Å². The molecule has 0 saturated heterocycles. The first-order valence-corrected chi connectivity index (χ1v) is 8.95. The van der Waals surface area contributed by atoms with E-state index in [0.717, 1.165) is 6.07 Å². The van der Waals surface area contributed by atoms with Crippen LogP contribution in [0.4, 0.5) is 13.2 Å². The molecule has 0 spiro atoms. The van der Waals surface area contributed by atoms with Crippen LogP contribution in [-0.2, 0) is 5.60 Å². The smallest absolute Gasteiger partial charge is 0.190 e. The van der Waals surface area contributed by atoms with Gasteiger partial charge in [-0.05, 0) is 31.5 Å². The van der Waals surface area contributed by atoms with E-state index in [-0.39, 0.29) is 22.5 Å². The lowest BCUT2D eigenvalue weighted by Crippen LogP contribution is -2.20. The van der Waals surface area contributed by atoms with Crippen LogP contribution in [0.25, 0.3) is 28.0 Å². The molecule has 0 atom stereocenters. The molecular formula is C22H15F3N4O. The second-order valence-corrected chi connectivity index (χ2v) is 7.31. The van der Waals surface area contributed by atoms with Crippen LogP contribution in [-0.4, -0.2) is 19.5 Å². The molecule has 0 saturated carbocycles. The Bertz CT molecular complexity index is 1330. The van der Waals surface area contributed by atoms with Crippen molar-refractivity contribution in [3.8, 4) is 28.5 Å². The van der Waals surface area contributed by atoms with Crippen molar-refractivity contribution in [3.63, 3.8) is 0 Å². The van der Waals surface area contributed by atoms with Crippen molar-refractivity contribution in [1.29, 1.82) is 5.26 Å². The van der Waals surface area contributed by atoms with Gasteiger partial charge in [0.1, 0.15) is 29.3 Å². The minimum Gasteiger partial charge on any atom is -0.384 e. The summed E-state index contributed by atoms with van der Waals surface area (Å²) in [5, 5.41) is 19.4. The molecule has 8 heteroatoms. The standard InChI is InChI=1S/C22H15F3N4O/c1-22(2,30)20-19(25)21-27-10-17(29(21)11-28-20)12-4-3-5-13(6-12)18-14(9-26)7-15(23)8-16(18)24/h3-8,10-11,30H,1-2H3. The summed E-state index contributed by atoms with van der Waals surface area (Å²) in [7, 11) is 0. The van der Waals surface area contributed by atoms with Crippen molar-refractivity contribution in [2.24, 2.45) is 0 Å². The molecule has 4 aromatic rings. The number of benzene rings is 2. The van der Waals surface area contributed by atoms with Crippen molar-refractivity contribution in [2.45, 2.75) is 19.4 Å². The fourth-order valence-corrected chi connectivity index (χ4v) is 3.35. The monoisotopic (exact) mass is 408 g/mol. The van der Waals surface area contributed by atoms with Crippen LogP contribution >= 0.6 is 0 Å². The van der Waals surface area contributed by atoms with E-state index >= 15 is 0 Å². The van der Waals surface area contributed by atoms with E-state index in [9.17, 15) is 23.5 Å². The van der Waals surface area contributed by atoms with E-state index in [1.165, 1.54) is 30.8 Å². The van der Waals surface area contributed by atoms with E-state index in [2.05, 4.69) is 9.97 Å². The van der Waals surface area contributed by atoms with E-state index in [1.807, 2.05) is 0 Å². The summed E-state index contributed by atoms with van der Waals surface area (Å²) in [6.45, 7) is 2.85. The molecule has 1 N–H and O–H groups in total. The number of aromatic nitrogens is 3. The number of rotatable bonds is 3. The molecule has 5 nitrogen and oxygen atoms in total. The van der Waals surface area contributed by atoms with Crippen LogP contribution in [0.1, 0.15) is 25.1 Å². The molecule has 2 heterocycles. The van der Waals surface area contributed by atoms with Gasteiger partial charge >= 0.3 is 0 Å². The Hall–Kier alpha value is -3.70. The molecule has 0 unspecified atom stereocenters. The summed E-state index contributed by atoms with van der Waals surface area (Å²) < 4.78 is 44.1. The van der Waals surface area contributed by atoms with E-state index in [4.69, 9.17) is 0 Å². The molecule has 0 aliphatic rings. The summed E-state index contributed by atoms with van der Waals surface area (Å²) in [5.41, 5.74) is -0.398. The number of hydrogen-bond acceptors (Lipinski definition) is 4. The number of aliphatic hydroxyl groups is 1. The van der Waals surface area contributed by atoms with Crippen molar-refractivity contribution in [2.75, 3.05) is 0 Å². The van der Waals surface area contributed by atoms with Crippen LogP contribution in [0.5, 0.6) is 0 Å². The molecule has 2 aromatic heterocycles. The maximum absolute atomic E-state index is 14.8. The second kappa shape index (κ2) is 6.97. The first-order valence-electron chi connectivity index (χ1n) is 8.95. The summed E-state index contributed by atoms with van der Waals surface area (Å²) in [5.74, 6) is -2.44. The van der Waals surface area contributed by atoms with Crippen molar-refractivity contribution in [1.82, 2.24) is 14.4 Å². The fourth-order valence-electron chi connectivity index (χ4n) is 3.35. The molecule has 30 heavy (non-hydrogen) atoms. The summed E-state index contributed by atoms with van der Waals surface area (Å²) in [6, 6.07) is 10.0. The number of halogens is 3. The lowest BCUT2D eigenvalue weighted by atomic mass is 9.97. The third kappa shape index (κ3) is 3.19. The Morgan fingerprint density at radius 2 is 1.80 bits per heavy atom. The van der Waals surface area contributed by atoms with Gasteiger partial charge in [-0.3, -0.25) is 4.40 Å². The van der Waals surface area contributed by atoms with Crippen molar-refractivity contribution in [3.05, 3.63) is 77.6 Å². The largest absolute Gasteiger partial charge is 0.384 e. The van der Waals surface area contributed by atoms with Gasteiger partial charge in [0, 0.05) is 17.2 Å². The van der Waals surface area contributed by atoms with Crippen LogP contribution in [0, 0.1) is 28.8 Å². The van der Waals surface area contributed by atoms with E-state index < -0.39 is 23.1 Å². The van der Waals surface area contributed by atoms with Gasteiger partial charge < -0.3 is 5.11 Å². The highest BCUT2D eigenvalue weighted by Gasteiger charge is 2.25. The number of hydrogen-bond donors (Lipinski definition) is 1. The van der Waals surface area contributed by atoms with E-state index in [0.29, 0.717) is 22.9 Å². The predicted octanol–water partition coefficient (Wildman–Crippen LogP) is 4.58. The first kappa shape index (κ1) is 19.6. The van der Waals surface area contributed by atoms with Gasteiger partial charge in [0.2, 0.25) is 0 Å². The second-order valence-electron chi connectivity index (χ2n) is 7.31. The Morgan fingerprint density at radius 3 is 2.50 bits per heavy atom. The number of nitrogens with zero attached hydrogens (tertiary/aromatic N) is 4. The Balaban J connectivity index is 1.88. The Labute approximate surface area is 169 Å². The number of nitriles is 1. The fraction of sp³-hybridized carbons (Fsp3) is 0.136. The molecule has 150 valence electrons. The minimum absolute atomic E-state index is 0.0202. The molecular weight excluding hydrogens is 393 g/mol. The Morgan fingerprint density at radius 1 is 1.07 bits per heavy atom. The third-order valence-corrected chi connectivity index (χ3v) is 4.71. The zero-order valence-corrected chi connectivity index (χ0v) is 16.0. The molecule has 0 amide bonds. The lowest BCUT2D eigenvalue weighted by Gasteiger charge is -2.17. The van der Waals surface area contributed by atoms with Gasteiger partial charge in [-0.25, -0.2) is 23.1 Å². The molecule has 2 aromatic carbocycles. The van der Waals surface area contributed by atoms with Crippen LogP contribution in [0.15, 0.2) is 48.9 Å². The third-order valence-electron chi connectivity index (χ3n) is 4.71. The normalized spacial score (nSPS) is 11.6. The Kier molecular flexibility index (Phi) is 4.56. The molecule has 0 bridgehead atoms. The minimum atomic E-state index is -1.48. The molecule has 4 rings (SSSR count). The van der Waals surface area contributed by atoms with Gasteiger partial charge in [0.25, 0.3) is 0 Å². The molecule has 0 aliphatic carbocycles. The quantitative estimate of drug-likeness (QED) is 0.539. The topological polar surface area (TPSA) is 74.2 Å². The van der Waals surface area contributed by atoms with Crippen LogP contribution in [0.3, 0.4) is 0 Å². The average Bonchev–Trinajstić information content (AvgIpc) is 3.11. The zero-order valence-electron chi connectivity index (χ0n) is 16.0. The van der Waals surface area contributed by atoms with Gasteiger partial charge in [0.15, 0.2) is 11.5 Å². The number of fused-ring (bicyclic) bond motifs is 1. The highest BCUT2D eigenvalue weighted by atomic mass is 19.1. The number of imidazole rings is 1. The predicted molar refractivity (Wildman–Crippen MR) is 104 cm³/mol. The van der Waals surface area contributed by atoms with Crippen molar-refractivity contribution >= 4 is 5.65 Å². The maximum Gasteiger partial charge on any atom is 0.190 e. The highest BCUT2D eigenvalue weighted by molar-refractivity contribution is 5.76. The van der Waals surface area contributed by atoms with Crippen molar-refractivity contribution < 1.29 is 18.3 Å². The first-order chi connectivity index (χ1) is 14.2. The summed E-state index contributed by atoms with van der Waals surface area (Å²) in [4.78, 5) is 8.12. The maximum atomic E-state index is 14.8.